The topological polar surface area (TPSA) is 66.4 Å². The van der Waals surface area contributed by atoms with Gasteiger partial charge in [-0.1, -0.05) is 49.4 Å². The Morgan fingerprint density at radius 1 is 1.18 bits per heavy atom. The van der Waals surface area contributed by atoms with Gasteiger partial charge in [0.25, 0.3) is 0 Å². The highest BCUT2D eigenvalue weighted by atomic mass is 16.4. The second-order valence-corrected chi connectivity index (χ2v) is 6.22. The Labute approximate surface area is 130 Å². The van der Waals surface area contributed by atoms with Gasteiger partial charge in [0.15, 0.2) is 0 Å². The molecule has 0 unspecified atom stereocenters. The smallest absolute Gasteiger partial charge is 0.307 e. The predicted molar refractivity (Wildman–Crippen MR) is 83.0 cm³/mol. The van der Waals surface area contributed by atoms with Crippen molar-refractivity contribution in [1.29, 1.82) is 0 Å². The van der Waals surface area contributed by atoms with Crippen LogP contribution in [-0.4, -0.2) is 17.0 Å². The Hall–Kier alpha value is -2.10. The molecule has 1 saturated carbocycles. The Balaban J connectivity index is 1.76. The maximum atomic E-state index is 12.7. The van der Waals surface area contributed by atoms with E-state index in [1.54, 1.807) is 0 Å². The van der Waals surface area contributed by atoms with E-state index in [-0.39, 0.29) is 23.8 Å². The zero-order chi connectivity index (χ0) is 15.7. The molecule has 0 heterocycles. The molecular weight excluding hydrogens is 278 g/mol. The number of benzene rings is 1. The number of amides is 1. The van der Waals surface area contributed by atoms with Gasteiger partial charge in [0.1, 0.15) is 0 Å². The van der Waals surface area contributed by atoms with Crippen molar-refractivity contribution >= 4 is 11.9 Å². The van der Waals surface area contributed by atoms with Crippen molar-refractivity contribution in [2.24, 2.45) is 23.7 Å². The third-order valence-electron chi connectivity index (χ3n) is 4.97. The number of carbonyl (C=O) groups excluding carboxylic acids is 1. The van der Waals surface area contributed by atoms with Crippen LogP contribution in [0.2, 0.25) is 0 Å². The second kappa shape index (κ2) is 5.95. The van der Waals surface area contributed by atoms with Crippen LogP contribution < -0.4 is 5.32 Å². The summed E-state index contributed by atoms with van der Waals surface area (Å²) in [5.41, 5.74) is 1.06. The molecule has 0 saturated heterocycles. The van der Waals surface area contributed by atoms with Crippen LogP contribution >= 0.6 is 0 Å². The molecule has 2 aliphatic rings. The van der Waals surface area contributed by atoms with Crippen molar-refractivity contribution in [2.75, 3.05) is 0 Å². The lowest BCUT2D eigenvalue weighted by Gasteiger charge is -2.26. The molecule has 0 aliphatic heterocycles. The van der Waals surface area contributed by atoms with Gasteiger partial charge in [-0.25, -0.2) is 0 Å². The first kappa shape index (κ1) is 14.8. The molecule has 1 aromatic rings. The Morgan fingerprint density at radius 2 is 1.82 bits per heavy atom. The molecule has 4 heteroatoms. The molecule has 1 amide bonds. The first-order valence-corrected chi connectivity index (χ1v) is 7.88. The maximum absolute atomic E-state index is 12.7. The molecule has 1 aromatic carbocycles. The lowest BCUT2D eigenvalue weighted by Crippen LogP contribution is -2.41. The zero-order valence-corrected chi connectivity index (χ0v) is 12.6. The summed E-state index contributed by atoms with van der Waals surface area (Å²) in [7, 11) is 0. The van der Waals surface area contributed by atoms with Crippen LogP contribution in [0.1, 0.15) is 31.4 Å². The first-order valence-electron chi connectivity index (χ1n) is 7.88. The molecule has 5 atom stereocenters. The van der Waals surface area contributed by atoms with E-state index in [2.05, 4.69) is 5.32 Å². The third kappa shape index (κ3) is 2.54. The molecule has 1 fully saturated rings. The summed E-state index contributed by atoms with van der Waals surface area (Å²) in [5, 5.41) is 12.5. The molecule has 2 aliphatic carbocycles. The summed E-state index contributed by atoms with van der Waals surface area (Å²) < 4.78 is 0. The third-order valence-corrected chi connectivity index (χ3v) is 4.97. The van der Waals surface area contributed by atoms with Gasteiger partial charge in [-0.05, 0) is 30.2 Å². The number of aliphatic carboxylic acids is 1. The predicted octanol–water partition coefficient (Wildman–Crippen LogP) is 2.78. The van der Waals surface area contributed by atoms with Gasteiger partial charge in [-0.3, -0.25) is 9.59 Å². The highest BCUT2D eigenvalue weighted by Crippen LogP contribution is 2.48. The average Bonchev–Trinajstić information content (AvgIpc) is 3.14. The number of rotatable bonds is 5. The van der Waals surface area contributed by atoms with Crippen molar-refractivity contribution in [1.82, 2.24) is 5.32 Å². The lowest BCUT2D eigenvalue weighted by atomic mass is 9.82. The normalized spacial score (nSPS) is 30.2. The van der Waals surface area contributed by atoms with Crippen LogP contribution in [-0.2, 0) is 9.59 Å². The number of hydrogen-bond donors (Lipinski definition) is 2. The fourth-order valence-electron chi connectivity index (χ4n) is 3.89. The van der Waals surface area contributed by atoms with Crippen LogP contribution in [0.5, 0.6) is 0 Å². The Kier molecular flexibility index (Phi) is 4.01. The highest BCUT2D eigenvalue weighted by Gasteiger charge is 2.51. The fraction of sp³-hybridized carbons (Fsp3) is 0.444. The quantitative estimate of drug-likeness (QED) is 0.822. The number of carboxylic acids is 1. The van der Waals surface area contributed by atoms with Crippen LogP contribution in [0.3, 0.4) is 0 Å². The molecule has 0 aromatic heterocycles. The van der Waals surface area contributed by atoms with Gasteiger partial charge in [0.05, 0.1) is 17.9 Å². The van der Waals surface area contributed by atoms with Crippen molar-refractivity contribution in [3.05, 3.63) is 48.0 Å². The number of carbonyl (C=O) groups is 2. The lowest BCUT2D eigenvalue weighted by molar-refractivity contribution is -0.148. The Morgan fingerprint density at radius 3 is 2.41 bits per heavy atom. The largest absolute Gasteiger partial charge is 0.481 e. The van der Waals surface area contributed by atoms with E-state index in [1.807, 2.05) is 49.4 Å². The van der Waals surface area contributed by atoms with Crippen LogP contribution in [0.15, 0.2) is 42.5 Å². The van der Waals surface area contributed by atoms with E-state index in [1.165, 1.54) is 0 Å². The summed E-state index contributed by atoms with van der Waals surface area (Å²) in [5.74, 6) is -1.92. The fourth-order valence-corrected chi connectivity index (χ4v) is 3.89. The standard InChI is InChI=1S/C18H21NO3/c1-2-14(11-6-4-3-5-7-11)19-17(20)15-12-8-9-13(10-12)16(15)18(21)22/h3-9,12-16H,2,10H2,1H3,(H,19,20)(H,21,22)/t12-,13-,14-,15+,16-/m0/s1. The van der Waals surface area contributed by atoms with Crippen LogP contribution in [0.25, 0.3) is 0 Å². The molecule has 4 nitrogen and oxygen atoms in total. The summed E-state index contributed by atoms with van der Waals surface area (Å²) in [6.45, 7) is 2.02. The molecule has 22 heavy (non-hydrogen) atoms. The molecular formula is C18H21NO3. The van der Waals surface area contributed by atoms with Crippen molar-refractivity contribution in [2.45, 2.75) is 25.8 Å². The van der Waals surface area contributed by atoms with Gasteiger partial charge < -0.3 is 10.4 Å². The van der Waals surface area contributed by atoms with Crippen molar-refractivity contribution in [3.63, 3.8) is 0 Å². The maximum Gasteiger partial charge on any atom is 0.307 e. The molecule has 2 bridgehead atoms. The summed E-state index contributed by atoms with van der Waals surface area (Å²) in [4.78, 5) is 24.2. The Bertz CT molecular complexity index is 596. The van der Waals surface area contributed by atoms with Crippen molar-refractivity contribution < 1.29 is 14.7 Å². The molecule has 0 spiro atoms. The summed E-state index contributed by atoms with van der Waals surface area (Å²) >= 11 is 0. The number of nitrogens with one attached hydrogen (secondary N) is 1. The molecule has 116 valence electrons. The van der Waals surface area contributed by atoms with Crippen LogP contribution in [0, 0.1) is 23.7 Å². The molecule has 2 N–H and O–H groups in total. The van der Waals surface area contributed by atoms with Gasteiger partial charge >= 0.3 is 5.97 Å². The van der Waals surface area contributed by atoms with Gasteiger partial charge in [-0.2, -0.15) is 0 Å². The van der Waals surface area contributed by atoms with Crippen LogP contribution in [0.4, 0.5) is 0 Å². The zero-order valence-electron chi connectivity index (χ0n) is 12.6. The van der Waals surface area contributed by atoms with E-state index in [0.717, 1.165) is 18.4 Å². The van der Waals surface area contributed by atoms with E-state index in [4.69, 9.17) is 0 Å². The van der Waals surface area contributed by atoms with E-state index >= 15 is 0 Å². The molecule has 3 rings (SSSR count). The summed E-state index contributed by atoms with van der Waals surface area (Å²) in [6.07, 6.45) is 5.54. The molecule has 0 radical (unpaired) electrons. The minimum absolute atomic E-state index is 0.00931. The highest BCUT2D eigenvalue weighted by molar-refractivity contribution is 5.87. The number of allylic oxidation sites excluding steroid dienone is 2. The minimum atomic E-state index is -0.857. The number of hydrogen-bond acceptors (Lipinski definition) is 2. The SMILES string of the molecule is CC[C@H](NC(=O)[C@H]1[C@@H](C(=O)O)[C@H]2C=C[C@H]1C2)c1ccccc1. The second-order valence-electron chi connectivity index (χ2n) is 6.22. The first-order chi connectivity index (χ1) is 10.6. The van der Waals surface area contributed by atoms with Gasteiger partial charge in [0.2, 0.25) is 5.91 Å². The number of fused-ring (bicyclic) bond motifs is 2. The number of carboxylic acid groups (broad SMARTS) is 1. The summed E-state index contributed by atoms with van der Waals surface area (Å²) in [6, 6.07) is 9.76. The van der Waals surface area contributed by atoms with Gasteiger partial charge in [0, 0.05) is 0 Å². The minimum Gasteiger partial charge on any atom is -0.481 e. The van der Waals surface area contributed by atoms with Gasteiger partial charge in [-0.15, -0.1) is 0 Å². The average molecular weight is 299 g/mol. The van der Waals surface area contributed by atoms with Crippen molar-refractivity contribution in [3.8, 4) is 0 Å². The van der Waals surface area contributed by atoms with E-state index in [9.17, 15) is 14.7 Å². The van der Waals surface area contributed by atoms with E-state index in [0.29, 0.717) is 0 Å². The van der Waals surface area contributed by atoms with E-state index < -0.39 is 17.8 Å². The monoisotopic (exact) mass is 299 g/mol.